The van der Waals surface area contributed by atoms with Crippen LogP contribution in [0.3, 0.4) is 0 Å². The summed E-state index contributed by atoms with van der Waals surface area (Å²) < 4.78 is 10.5. The average molecular weight is 284 g/mol. The number of carboxylic acid groups (broad SMARTS) is 1. The van der Waals surface area contributed by atoms with Crippen molar-refractivity contribution in [1.82, 2.24) is 10.6 Å². The normalized spacial score (nSPS) is 11.9. The summed E-state index contributed by atoms with van der Waals surface area (Å²) >= 11 is 0. The summed E-state index contributed by atoms with van der Waals surface area (Å²) in [5.74, 6) is 0.491. The number of aryl methyl sites for hydroxylation is 1. The van der Waals surface area contributed by atoms with Crippen LogP contribution >= 0.6 is 0 Å². The van der Waals surface area contributed by atoms with E-state index in [4.69, 9.17) is 14.3 Å². The highest BCUT2D eigenvalue weighted by molar-refractivity contribution is 5.74. The number of hydrogen-bond acceptors (Lipinski definition) is 4. The Balaban J connectivity index is 2.41. The van der Waals surface area contributed by atoms with Crippen LogP contribution in [0.1, 0.15) is 30.4 Å². The molecular weight excluding hydrogens is 264 g/mol. The van der Waals surface area contributed by atoms with Crippen LogP contribution < -0.4 is 10.6 Å². The number of carbonyl (C=O) groups is 2. The molecule has 0 fully saturated rings. The maximum absolute atomic E-state index is 11.7. The second-order valence-electron chi connectivity index (χ2n) is 4.35. The minimum absolute atomic E-state index is 0.0269. The molecule has 112 valence electrons. The number of amides is 2. The zero-order chi connectivity index (χ0) is 15.0. The third-order valence-electron chi connectivity index (χ3n) is 2.60. The van der Waals surface area contributed by atoms with Gasteiger partial charge in [-0.3, -0.25) is 4.79 Å². The molecule has 1 heterocycles. The van der Waals surface area contributed by atoms with E-state index < -0.39 is 5.97 Å². The van der Waals surface area contributed by atoms with E-state index in [9.17, 15) is 9.59 Å². The summed E-state index contributed by atoms with van der Waals surface area (Å²) in [5.41, 5.74) is 0. The number of carboxylic acids is 1. The van der Waals surface area contributed by atoms with Gasteiger partial charge in [0.25, 0.3) is 0 Å². The number of nitrogens with one attached hydrogen (secondary N) is 2. The van der Waals surface area contributed by atoms with Crippen molar-refractivity contribution in [3.63, 3.8) is 0 Å². The molecule has 0 saturated carbocycles. The Morgan fingerprint density at radius 1 is 1.45 bits per heavy atom. The first-order valence-corrected chi connectivity index (χ1v) is 6.34. The van der Waals surface area contributed by atoms with Gasteiger partial charge in [-0.15, -0.1) is 0 Å². The Morgan fingerprint density at radius 2 is 2.20 bits per heavy atom. The molecule has 7 heteroatoms. The second-order valence-corrected chi connectivity index (χ2v) is 4.35. The number of ether oxygens (including phenoxy) is 1. The second kappa shape index (κ2) is 8.21. The van der Waals surface area contributed by atoms with E-state index in [2.05, 4.69) is 10.6 Å². The van der Waals surface area contributed by atoms with Crippen LogP contribution in [-0.2, 0) is 9.53 Å². The van der Waals surface area contributed by atoms with Crippen molar-refractivity contribution in [2.24, 2.45) is 0 Å². The van der Waals surface area contributed by atoms with Crippen molar-refractivity contribution >= 4 is 12.0 Å². The number of carbonyl (C=O) groups excluding carboxylic acids is 1. The zero-order valence-corrected chi connectivity index (χ0v) is 11.6. The van der Waals surface area contributed by atoms with Gasteiger partial charge in [-0.2, -0.15) is 0 Å². The summed E-state index contributed by atoms with van der Waals surface area (Å²) in [6.45, 7) is 2.41. The lowest BCUT2D eigenvalue weighted by atomic mass is 10.2. The van der Waals surface area contributed by atoms with Crippen LogP contribution in [0.25, 0.3) is 0 Å². The van der Waals surface area contributed by atoms with Crippen molar-refractivity contribution < 1.29 is 23.8 Å². The number of furan rings is 1. The van der Waals surface area contributed by atoms with Crippen LogP contribution in [0.2, 0.25) is 0 Å². The van der Waals surface area contributed by atoms with Gasteiger partial charge < -0.3 is 24.9 Å². The molecule has 0 aliphatic rings. The van der Waals surface area contributed by atoms with E-state index in [0.29, 0.717) is 18.7 Å². The highest BCUT2D eigenvalue weighted by Crippen LogP contribution is 2.16. The largest absolute Gasteiger partial charge is 0.481 e. The molecule has 0 spiro atoms. The minimum atomic E-state index is -0.879. The molecule has 0 saturated heterocycles. The highest BCUT2D eigenvalue weighted by atomic mass is 16.5. The summed E-state index contributed by atoms with van der Waals surface area (Å²) in [7, 11) is 1.54. The van der Waals surface area contributed by atoms with Gasteiger partial charge >= 0.3 is 12.0 Å². The smallest absolute Gasteiger partial charge is 0.315 e. The Kier molecular flexibility index (Phi) is 6.58. The lowest BCUT2D eigenvalue weighted by Crippen LogP contribution is -2.39. The summed E-state index contributed by atoms with van der Waals surface area (Å²) in [4.78, 5) is 22.0. The Bertz CT molecular complexity index is 444. The van der Waals surface area contributed by atoms with Crippen LogP contribution in [0.4, 0.5) is 4.79 Å². The summed E-state index contributed by atoms with van der Waals surface area (Å²) in [6.07, 6.45) is 0.413. The van der Waals surface area contributed by atoms with Crippen LogP contribution in [0.15, 0.2) is 16.5 Å². The van der Waals surface area contributed by atoms with Crippen molar-refractivity contribution in [3.05, 3.63) is 23.7 Å². The van der Waals surface area contributed by atoms with E-state index in [0.717, 1.165) is 5.76 Å². The fourth-order valence-corrected chi connectivity index (χ4v) is 1.65. The number of methoxy groups -OCH3 is 1. The fourth-order valence-electron chi connectivity index (χ4n) is 1.65. The van der Waals surface area contributed by atoms with E-state index >= 15 is 0 Å². The molecule has 1 aromatic rings. The van der Waals surface area contributed by atoms with Gasteiger partial charge in [-0.1, -0.05) is 0 Å². The molecule has 3 N–H and O–H groups in total. The Morgan fingerprint density at radius 3 is 2.75 bits per heavy atom. The molecule has 2 amide bonds. The maximum atomic E-state index is 11.7. The van der Waals surface area contributed by atoms with E-state index in [1.807, 2.05) is 13.0 Å². The number of aliphatic carboxylic acids is 1. The third kappa shape index (κ3) is 5.75. The van der Waals surface area contributed by atoms with Crippen LogP contribution in [-0.4, -0.2) is 37.4 Å². The SMILES string of the molecule is COCC(NC(=O)NCCCC(=O)O)c1ccc(C)o1. The molecule has 1 unspecified atom stereocenters. The number of rotatable bonds is 8. The highest BCUT2D eigenvalue weighted by Gasteiger charge is 2.17. The standard InChI is InChI=1S/C13H20N2O5/c1-9-5-6-11(20-9)10(8-19-2)15-13(18)14-7-3-4-12(16)17/h5-6,10H,3-4,7-8H2,1-2H3,(H,16,17)(H2,14,15,18). The molecule has 1 atom stereocenters. The molecule has 0 radical (unpaired) electrons. The van der Waals surface area contributed by atoms with E-state index in [1.54, 1.807) is 6.07 Å². The lowest BCUT2D eigenvalue weighted by Gasteiger charge is -2.16. The molecule has 20 heavy (non-hydrogen) atoms. The molecule has 0 aromatic carbocycles. The van der Waals surface area contributed by atoms with Gasteiger partial charge in [0.2, 0.25) is 0 Å². The zero-order valence-electron chi connectivity index (χ0n) is 11.6. The quantitative estimate of drug-likeness (QED) is 0.627. The lowest BCUT2D eigenvalue weighted by molar-refractivity contribution is -0.137. The summed E-state index contributed by atoms with van der Waals surface area (Å²) in [6, 6.07) is 2.83. The maximum Gasteiger partial charge on any atom is 0.315 e. The van der Waals surface area contributed by atoms with Gasteiger partial charge in [-0.05, 0) is 25.5 Å². The minimum Gasteiger partial charge on any atom is -0.481 e. The molecule has 0 bridgehead atoms. The first-order chi connectivity index (χ1) is 9.52. The first-order valence-electron chi connectivity index (χ1n) is 6.34. The first kappa shape index (κ1) is 16.0. The van der Waals surface area contributed by atoms with Crippen molar-refractivity contribution in [1.29, 1.82) is 0 Å². The molecule has 1 rings (SSSR count). The monoisotopic (exact) mass is 284 g/mol. The van der Waals surface area contributed by atoms with E-state index in [1.165, 1.54) is 7.11 Å². The van der Waals surface area contributed by atoms with Gasteiger partial charge in [0.15, 0.2) is 0 Å². The van der Waals surface area contributed by atoms with Crippen LogP contribution in [0.5, 0.6) is 0 Å². The molecule has 7 nitrogen and oxygen atoms in total. The van der Waals surface area contributed by atoms with Gasteiger partial charge in [0.1, 0.15) is 17.6 Å². The Labute approximate surface area is 117 Å². The fraction of sp³-hybridized carbons (Fsp3) is 0.538. The van der Waals surface area contributed by atoms with Crippen molar-refractivity contribution in [2.45, 2.75) is 25.8 Å². The number of hydrogen-bond donors (Lipinski definition) is 3. The predicted octanol–water partition coefficient (Wildman–Crippen LogP) is 1.44. The third-order valence-corrected chi connectivity index (χ3v) is 2.60. The molecular formula is C13H20N2O5. The van der Waals surface area contributed by atoms with Gasteiger partial charge in [0, 0.05) is 20.1 Å². The van der Waals surface area contributed by atoms with Crippen molar-refractivity contribution in [2.75, 3.05) is 20.3 Å². The topological polar surface area (TPSA) is 101 Å². The molecule has 0 aliphatic heterocycles. The molecule has 1 aromatic heterocycles. The van der Waals surface area contributed by atoms with E-state index in [-0.39, 0.29) is 25.1 Å². The Hall–Kier alpha value is -2.02. The van der Waals surface area contributed by atoms with Crippen molar-refractivity contribution in [3.8, 4) is 0 Å². The molecule has 0 aliphatic carbocycles. The average Bonchev–Trinajstić information content (AvgIpc) is 2.80. The van der Waals surface area contributed by atoms with Gasteiger partial charge in [0.05, 0.1) is 6.61 Å². The van der Waals surface area contributed by atoms with Gasteiger partial charge in [-0.25, -0.2) is 4.79 Å². The predicted molar refractivity (Wildman–Crippen MR) is 71.5 cm³/mol. The summed E-state index contributed by atoms with van der Waals surface area (Å²) in [5, 5.41) is 13.8. The van der Waals surface area contributed by atoms with Crippen LogP contribution in [0, 0.1) is 6.92 Å². The number of urea groups is 1.